The van der Waals surface area contributed by atoms with Crippen LogP contribution in [-0.2, 0) is 14.3 Å². The predicted octanol–water partition coefficient (Wildman–Crippen LogP) is 4.09. The van der Waals surface area contributed by atoms with Crippen LogP contribution in [0.3, 0.4) is 0 Å². The van der Waals surface area contributed by atoms with Gasteiger partial charge in [0.2, 0.25) is 0 Å². The molecule has 3 atom stereocenters. The van der Waals surface area contributed by atoms with Crippen LogP contribution in [0.15, 0.2) is 35.5 Å². The van der Waals surface area contributed by atoms with Crippen LogP contribution in [0.2, 0.25) is 5.02 Å². The standard InChI is InChI=1S/C21H24ClNO3/c1-26-21(25)19-15-5-2-3-6-16(15)23-12-4-7-17(24)20(23)18(19)13-8-10-14(22)11-9-13/h8-11,18-20H,2-7,12H2,1H3. The summed E-state index contributed by atoms with van der Waals surface area (Å²) in [6, 6.07) is 7.32. The van der Waals surface area contributed by atoms with Crippen molar-refractivity contribution in [3.63, 3.8) is 0 Å². The van der Waals surface area contributed by atoms with Crippen LogP contribution in [0.25, 0.3) is 0 Å². The van der Waals surface area contributed by atoms with Gasteiger partial charge in [0.1, 0.15) is 0 Å². The van der Waals surface area contributed by atoms with E-state index in [1.165, 1.54) is 18.4 Å². The number of hydrogen-bond donors (Lipinski definition) is 0. The molecule has 1 aliphatic carbocycles. The summed E-state index contributed by atoms with van der Waals surface area (Å²) >= 11 is 6.08. The van der Waals surface area contributed by atoms with E-state index in [2.05, 4.69) is 4.90 Å². The van der Waals surface area contributed by atoms with Crippen LogP contribution >= 0.6 is 11.6 Å². The largest absolute Gasteiger partial charge is 0.469 e. The van der Waals surface area contributed by atoms with E-state index < -0.39 is 0 Å². The molecule has 1 saturated heterocycles. The lowest BCUT2D eigenvalue weighted by Gasteiger charge is -2.50. The van der Waals surface area contributed by atoms with Gasteiger partial charge in [-0.3, -0.25) is 9.59 Å². The summed E-state index contributed by atoms with van der Waals surface area (Å²) in [6.45, 7) is 0.896. The molecule has 4 nitrogen and oxygen atoms in total. The van der Waals surface area contributed by atoms with Crippen molar-refractivity contribution in [3.05, 3.63) is 46.1 Å². The molecule has 0 radical (unpaired) electrons. The molecule has 0 aromatic heterocycles. The Labute approximate surface area is 159 Å². The first kappa shape index (κ1) is 17.6. The molecule has 5 heteroatoms. The maximum Gasteiger partial charge on any atom is 0.313 e. The van der Waals surface area contributed by atoms with Crippen molar-refractivity contribution in [3.8, 4) is 0 Å². The van der Waals surface area contributed by atoms with Gasteiger partial charge in [0, 0.05) is 29.6 Å². The molecule has 26 heavy (non-hydrogen) atoms. The highest BCUT2D eigenvalue weighted by atomic mass is 35.5. The minimum absolute atomic E-state index is 0.204. The molecule has 1 fully saturated rings. The monoisotopic (exact) mass is 373 g/mol. The topological polar surface area (TPSA) is 46.6 Å². The fourth-order valence-electron chi connectivity index (χ4n) is 5.03. The molecule has 3 aliphatic rings. The van der Waals surface area contributed by atoms with Crippen molar-refractivity contribution < 1.29 is 14.3 Å². The Morgan fingerprint density at radius 1 is 1.12 bits per heavy atom. The molecule has 0 bridgehead atoms. The van der Waals surface area contributed by atoms with E-state index in [4.69, 9.17) is 16.3 Å². The van der Waals surface area contributed by atoms with Crippen LogP contribution in [0.4, 0.5) is 0 Å². The first-order valence-electron chi connectivity index (χ1n) is 9.46. The molecular weight excluding hydrogens is 350 g/mol. The number of fused-ring (bicyclic) bond motifs is 2. The Balaban J connectivity index is 1.89. The van der Waals surface area contributed by atoms with E-state index in [0.717, 1.165) is 44.2 Å². The molecule has 2 aliphatic heterocycles. The third kappa shape index (κ3) is 2.84. The number of esters is 1. The SMILES string of the molecule is COC(=O)C1C2=C(CCCC2)N2CCCC(=O)C2C1c1ccc(Cl)cc1. The van der Waals surface area contributed by atoms with Crippen LogP contribution < -0.4 is 0 Å². The Kier molecular flexibility index (Phi) is 4.78. The van der Waals surface area contributed by atoms with Crippen molar-refractivity contribution in [1.82, 2.24) is 4.90 Å². The highest BCUT2D eigenvalue weighted by Gasteiger charge is 2.50. The summed E-state index contributed by atoms with van der Waals surface area (Å²) in [4.78, 5) is 28.1. The normalized spacial score (nSPS) is 28.5. The zero-order valence-electron chi connectivity index (χ0n) is 15.0. The molecule has 0 saturated carbocycles. The fourth-order valence-corrected chi connectivity index (χ4v) is 5.16. The molecule has 0 amide bonds. The summed E-state index contributed by atoms with van der Waals surface area (Å²) < 4.78 is 5.20. The Morgan fingerprint density at radius 3 is 2.58 bits per heavy atom. The van der Waals surface area contributed by atoms with Gasteiger partial charge >= 0.3 is 5.97 Å². The molecule has 1 aromatic carbocycles. The Hall–Kier alpha value is -1.81. The Bertz CT molecular complexity index is 755. The molecule has 138 valence electrons. The minimum atomic E-state index is -0.375. The van der Waals surface area contributed by atoms with Gasteiger partial charge in [-0.15, -0.1) is 0 Å². The number of halogens is 1. The van der Waals surface area contributed by atoms with Crippen molar-refractivity contribution in [2.75, 3.05) is 13.7 Å². The lowest BCUT2D eigenvalue weighted by molar-refractivity contribution is -0.147. The molecule has 4 rings (SSSR count). The number of ketones is 1. The van der Waals surface area contributed by atoms with Crippen LogP contribution in [0.1, 0.15) is 50.0 Å². The molecule has 1 aromatic rings. The van der Waals surface area contributed by atoms with Crippen molar-refractivity contribution >= 4 is 23.4 Å². The van der Waals surface area contributed by atoms with Gasteiger partial charge < -0.3 is 9.64 Å². The van der Waals surface area contributed by atoms with Crippen molar-refractivity contribution in [2.45, 2.75) is 50.5 Å². The zero-order chi connectivity index (χ0) is 18.3. The van der Waals surface area contributed by atoms with E-state index >= 15 is 0 Å². The van der Waals surface area contributed by atoms with Gasteiger partial charge in [0.05, 0.1) is 19.1 Å². The number of carbonyl (C=O) groups excluding carboxylic acids is 2. The summed E-state index contributed by atoms with van der Waals surface area (Å²) in [5.41, 5.74) is 3.41. The van der Waals surface area contributed by atoms with E-state index in [1.54, 1.807) is 0 Å². The summed E-state index contributed by atoms with van der Waals surface area (Å²) in [7, 11) is 1.44. The maximum absolute atomic E-state index is 13.0. The summed E-state index contributed by atoms with van der Waals surface area (Å²) in [5.74, 6) is -0.566. The number of benzene rings is 1. The first-order valence-corrected chi connectivity index (χ1v) is 9.84. The second-order valence-corrected chi connectivity index (χ2v) is 7.90. The van der Waals surface area contributed by atoms with E-state index in [1.807, 2.05) is 24.3 Å². The lowest BCUT2D eigenvalue weighted by Crippen LogP contribution is -2.55. The number of methoxy groups -OCH3 is 1. The average Bonchev–Trinajstić information content (AvgIpc) is 2.67. The predicted molar refractivity (Wildman–Crippen MR) is 99.9 cm³/mol. The summed E-state index contributed by atoms with van der Waals surface area (Å²) in [5, 5.41) is 0.656. The summed E-state index contributed by atoms with van der Waals surface area (Å²) in [6.07, 6.45) is 5.56. The second-order valence-electron chi connectivity index (χ2n) is 7.47. The van der Waals surface area contributed by atoms with E-state index in [0.29, 0.717) is 11.4 Å². The van der Waals surface area contributed by atoms with Gasteiger partial charge in [-0.25, -0.2) is 0 Å². The lowest BCUT2D eigenvalue weighted by atomic mass is 9.67. The number of allylic oxidation sites excluding steroid dienone is 1. The molecular formula is C21H24ClNO3. The highest BCUT2D eigenvalue weighted by Crippen LogP contribution is 2.49. The van der Waals surface area contributed by atoms with Crippen LogP contribution in [0.5, 0.6) is 0 Å². The van der Waals surface area contributed by atoms with E-state index in [9.17, 15) is 9.59 Å². The average molecular weight is 374 g/mol. The van der Waals surface area contributed by atoms with Gasteiger partial charge in [-0.1, -0.05) is 23.7 Å². The first-order chi connectivity index (χ1) is 12.6. The molecule has 3 unspecified atom stereocenters. The fraction of sp³-hybridized carbons (Fsp3) is 0.524. The van der Waals surface area contributed by atoms with Crippen LogP contribution in [0, 0.1) is 5.92 Å². The third-order valence-corrected chi connectivity index (χ3v) is 6.35. The van der Waals surface area contributed by atoms with Gasteiger partial charge in [-0.05, 0) is 55.4 Å². The number of nitrogens with zero attached hydrogens (tertiary/aromatic N) is 1. The number of rotatable bonds is 2. The van der Waals surface area contributed by atoms with Gasteiger partial charge in [0.15, 0.2) is 5.78 Å². The van der Waals surface area contributed by atoms with Crippen molar-refractivity contribution in [2.24, 2.45) is 5.92 Å². The quantitative estimate of drug-likeness (QED) is 0.732. The minimum Gasteiger partial charge on any atom is -0.469 e. The molecule has 0 N–H and O–H groups in total. The smallest absolute Gasteiger partial charge is 0.313 e. The molecule has 0 spiro atoms. The number of hydrogen-bond acceptors (Lipinski definition) is 4. The van der Waals surface area contributed by atoms with Crippen molar-refractivity contribution in [1.29, 1.82) is 0 Å². The number of carbonyl (C=O) groups is 2. The maximum atomic E-state index is 13.0. The molecule has 2 heterocycles. The zero-order valence-corrected chi connectivity index (χ0v) is 15.8. The number of Topliss-reactive ketones (excluding diaryl/α,β-unsaturated/α-hetero) is 1. The van der Waals surface area contributed by atoms with Gasteiger partial charge in [-0.2, -0.15) is 0 Å². The third-order valence-electron chi connectivity index (χ3n) is 6.10. The highest BCUT2D eigenvalue weighted by molar-refractivity contribution is 6.30. The van der Waals surface area contributed by atoms with Crippen LogP contribution in [-0.4, -0.2) is 36.3 Å². The number of piperidine rings is 1. The number of ether oxygens (including phenoxy) is 1. The Morgan fingerprint density at radius 2 is 1.85 bits per heavy atom. The second kappa shape index (κ2) is 7.07. The van der Waals surface area contributed by atoms with Gasteiger partial charge in [0.25, 0.3) is 0 Å². The van der Waals surface area contributed by atoms with E-state index in [-0.39, 0.29) is 29.6 Å².